The Morgan fingerprint density at radius 2 is 2.07 bits per heavy atom. The van der Waals surface area contributed by atoms with E-state index < -0.39 is 9.05 Å². The molecule has 0 saturated carbocycles. The SMILES string of the molecule is N#Cc1cc(S(=O)(=O)Cl)cc(Br)c1I. The van der Waals surface area contributed by atoms with Crippen LogP contribution in [0, 0.1) is 14.9 Å². The topological polar surface area (TPSA) is 57.9 Å². The van der Waals surface area contributed by atoms with E-state index in [0.29, 0.717) is 8.04 Å². The fourth-order valence-corrected chi connectivity index (χ4v) is 2.61. The van der Waals surface area contributed by atoms with Gasteiger partial charge in [-0.2, -0.15) is 5.26 Å². The van der Waals surface area contributed by atoms with Crippen molar-refractivity contribution in [1.29, 1.82) is 5.26 Å². The summed E-state index contributed by atoms with van der Waals surface area (Å²) < 4.78 is 23.2. The highest BCUT2D eigenvalue weighted by Crippen LogP contribution is 2.27. The summed E-state index contributed by atoms with van der Waals surface area (Å²) in [7, 11) is 1.36. The van der Waals surface area contributed by atoms with Crippen molar-refractivity contribution in [2.24, 2.45) is 0 Å². The lowest BCUT2D eigenvalue weighted by Crippen LogP contribution is -1.94. The average Bonchev–Trinajstić information content (AvgIpc) is 2.07. The van der Waals surface area contributed by atoms with Crippen LogP contribution >= 0.6 is 49.2 Å². The van der Waals surface area contributed by atoms with Crippen LogP contribution in [0.4, 0.5) is 0 Å². The lowest BCUT2D eigenvalue weighted by Gasteiger charge is -2.01. The van der Waals surface area contributed by atoms with E-state index in [-0.39, 0.29) is 10.5 Å². The van der Waals surface area contributed by atoms with Crippen LogP contribution < -0.4 is 0 Å². The summed E-state index contributed by atoms with van der Waals surface area (Å²) in [4.78, 5) is -0.0805. The van der Waals surface area contributed by atoms with Crippen LogP contribution in [0.25, 0.3) is 0 Å². The van der Waals surface area contributed by atoms with E-state index in [1.54, 1.807) is 0 Å². The summed E-state index contributed by atoms with van der Waals surface area (Å²) >= 11 is 5.09. The molecule has 0 aliphatic rings. The average molecular weight is 406 g/mol. The van der Waals surface area contributed by atoms with E-state index >= 15 is 0 Å². The molecule has 0 atom stereocenters. The number of hydrogen-bond acceptors (Lipinski definition) is 3. The Labute approximate surface area is 108 Å². The summed E-state index contributed by atoms with van der Waals surface area (Å²) in [5.74, 6) is 0. The van der Waals surface area contributed by atoms with E-state index in [2.05, 4.69) is 15.9 Å². The normalized spacial score (nSPS) is 11.0. The van der Waals surface area contributed by atoms with Crippen LogP contribution in [0.3, 0.4) is 0 Å². The fourth-order valence-electron chi connectivity index (χ4n) is 0.786. The molecular formula is C7H2BrClINO2S. The van der Waals surface area contributed by atoms with Crippen LogP contribution in [-0.4, -0.2) is 8.42 Å². The highest BCUT2D eigenvalue weighted by Gasteiger charge is 2.14. The van der Waals surface area contributed by atoms with E-state index in [4.69, 9.17) is 15.9 Å². The number of halogens is 3. The maximum absolute atomic E-state index is 11.0. The third-order valence-electron chi connectivity index (χ3n) is 1.40. The van der Waals surface area contributed by atoms with Crippen molar-refractivity contribution in [3.63, 3.8) is 0 Å². The molecule has 1 aromatic rings. The lowest BCUT2D eigenvalue weighted by molar-refractivity contribution is 0.609. The third-order valence-corrected chi connectivity index (χ3v) is 5.27. The Morgan fingerprint density at radius 1 is 1.50 bits per heavy atom. The van der Waals surface area contributed by atoms with Gasteiger partial charge in [-0.1, -0.05) is 0 Å². The van der Waals surface area contributed by atoms with E-state index in [1.165, 1.54) is 12.1 Å². The van der Waals surface area contributed by atoms with Gasteiger partial charge in [0.25, 0.3) is 9.05 Å². The quantitative estimate of drug-likeness (QED) is 0.532. The molecule has 7 heteroatoms. The number of hydrogen-bond donors (Lipinski definition) is 0. The van der Waals surface area contributed by atoms with Gasteiger partial charge >= 0.3 is 0 Å². The van der Waals surface area contributed by atoms with E-state index in [9.17, 15) is 8.42 Å². The molecule has 14 heavy (non-hydrogen) atoms. The molecule has 1 aromatic carbocycles. The first-order valence-corrected chi connectivity index (χ1v) is 7.38. The monoisotopic (exact) mass is 405 g/mol. The van der Waals surface area contributed by atoms with Gasteiger partial charge in [-0.15, -0.1) is 0 Å². The zero-order valence-electron chi connectivity index (χ0n) is 6.46. The van der Waals surface area contributed by atoms with Crippen molar-refractivity contribution >= 4 is 58.3 Å². The molecule has 0 saturated heterocycles. The molecule has 0 fully saturated rings. The predicted octanol–water partition coefficient (Wildman–Crippen LogP) is 2.85. The molecule has 0 radical (unpaired) electrons. The van der Waals surface area contributed by atoms with Gasteiger partial charge in [0.2, 0.25) is 0 Å². The van der Waals surface area contributed by atoms with Gasteiger partial charge in [0.05, 0.1) is 10.5 Å². The second kappa shape index (κ2) is 4.35. The van der Waals surface area contributed by atoms with Crippen LogP contribution in [0.1, 0.15) is 5.56 Å². The van der Waals surface area contributed by atoms with Crippen molar-refractivity contribution in [3.05, 3.63) is 25.7 Å². The molecule has 74 valence electrons. The summed E-state index contributed by atoms with van der Waals surface area (Å²) in [5.41, 5.74) is 0.277. The first kappa shape index (κ1) is 12.2. The van der Waals surface area contributed by atoms with Crippen molar-refractivity contribution in [2.45, 2.75) is 4.90 Å². The largest absolute Gasteiger partial charge is 0.261 e. The first-order valence-electron chi connectivity index (χ1n) is 3.20. The Morgan fingerprint density at radius 3 is 2.50 bits per heavy atom. The zero-order valence-corrected chi connectivity index (χ0v) is 11.8. The van der Waals surface area contributed by atoms with Crippen molar-refractivity contribution < 1.29 is 8.42 Å². The van der Waals surface area contributed by atoms with Gasteiger partial charge in [-0.3, -0.25) is 0 Å². The smallest absolute Gasteiger partial charge is 0.207 e. The number of nitriles is 1. The van der Waals surface area contributed by atoms with Gasteiger partial charge < -0.3 is 0 Å². The Hall–Kier alpha value is 0.160. The molecule has 0 unspecified atom stereocenters. The second-order valence-corrected chi connectivity index (χ2v) is 6.82. The molecule has 0 spiro atoms. The molecule has 0 heterocycles. The van der Waals surface area contributed by atoms with Crippen LogP contribution in [0.2, 0.25) is 0 Å². The molecule has 0 aliphatic carbocycles. The van der Waals surface area contributed by atoms with Crippen LogP contribution in [0.5, 0.6) is 0 Å². The fraction of sp³-hybridized carbons (Fsp3) is 0. The van der Waals surface area contributed by atoms with E-state index in [0.717, 1.165) is 0 Å². The van der Waals surface area contributed by atoms with Gasteiger partial charge in [0.1, 0.15) is 6.07 Å². The van der Waals surface area contributed by atoms with Crippen molar-refractivity contribution in [3.8, 4) is 6.07 Å². The highest BCUT2D eigenvalue weighted by molar-refractivity contribution is 14.1. The van der Waals surface area contributed by atoms with Crippen LogP contribution in [0.15, 0.2) is 21.5 Å². The number of benzene rings is 1. The second-order valence-electron chi connectivity index (χ2n) is 2.32. The lowest BCUT2D eigenvalue weighted by atomic mass is 10.2. The Balaban J connectivity index is 3.56. The van der Waals surface area contributed by atoms with Crippen LogP contribution in [-0.2, 0) is 9.05 Å². The zero-order chi connectivity index (χ0) is 10.9. The van der Waals surface area contributed by atoms with Crippen molar-refractivity contribution in [1.82, 2.24) is 0 Å². The minimum absolute atomic E-state index is 0.0805. The molecule has 0 N–H and O–H groups in total. The maximum Gasteiger partial charge on any atom is 0.261 e. The Bertz CT molecular complexity index is 523. The van der Waals surface area contributed by atoms with Crippen molar-refractivity contribution in [2.75, 3.05) is 0 Å². The molecule has 0 aliphatic heterocycles. The summed E-state index contributed by atoms with van der Waals surface area (Å²) in [5, 5.41) is 8.72. The minimum Gasteiger partial charge on any atom is -0.207 e. The molecule has 0 bridgehead atoms. The summed E-state index contributed by atoms with van der Waals surface area (Å²) in [6.45, 7) is 0. The standard InChI is InChI=1S/C7H2BrClINO2S/c8-6-2-5(14(9,12)13)1-4(3-11)7(6)10/h1-2H. The first-order chi connectivity index (χ1) is 6.36. The molecule has 1 rings (SSSR count). The molecule has 3 nitrogen and oxygen atoms in total. The molecule has 0 amide bonds. The summed E-state index contributed by atoms with van der Waals surface area (Å²) in [6.07, 6.45) is 0. The predicted molar refractivity (Wildman–Crippen MR) is 64.6 cm³/mol. The molecular weight excluding hydrogens is 404 g/mol. The maximum atomic E-state index is 11.0. The minimum atomic E-state index is -3.79. The Kier molecular flexibility index (Phi) is 3.80. The highest BCUT2D eigenvalue weighted by atomic mass is 127. The summed E-state index contributed by atoms with van der Waals surface area (Å²) in [6, 6.07) is 4.50. The van der Waals surface area contributed by atoms with E-state index in [1.807, 2.05) is 28.7 Å². The number of nitrogens with zero attached hydrogens (tertiary/aromatic N) is 1. The van der Waals surface area contributed by atoms with Gasteiger partial charge in [0.15, 0.2) is 0 Å². The molecule has 0 aromatic heterocycles. The van der Waals surface area contributed by atoms with Gasteiger partial charge in [-0.05, 0) is 50.7 Å². The van der Waals surface area contributed by atoms with Gasteiger partial charge in [-0.25, -0.2) is 8.42 Å². The number of rotatable bonds is 1. The van der Waals surface area contributed by atoms with Gasteiger partial charge in [0, 0.05) is 18.7 Å². The third kappa shape index (κ3) is 2.59.